The molecule has 1 saturated heterocycles. The molecule has 3 heterocycles. The molecule has 1 aliphatic rings. The third-order valence-corrected chi connectivity index (χ3v) is 5.79. The lowest BCUT2D eigenvalue weighted by molar-refractivity contribution is 0.102. The predicted molar refractivity (Wildman–Crippen MR) is 123 cm³/mol. The topological polar surface area (TPSA) is 72.3 Å². The lowest BCUT2D eigenvalue weighted by Crippen LogP contribution is -2.33. The molecule has 0 unspecified atom stereocenters. The lowest BCUT2D eigenvalue weighted by atomic mass is 10.1. The van der Waals surface area contributed by atoms with Crippen molar-refractivity contribution in [3.05, 3.63) is 47.3 Å². The number of likely N-dealkylation sites (tertiary alicyclic amines) is 1. The molecule has 0 spiro atoms. The van der Waals surface area contributed by atoms with Gasteiger partial charge in [-0.15, -0.1) is 0 Å². The fourth-order valence-corrected chi connectivity index (χ4v) is 4.19. The monoisotopic (exact) mass is 421 g/mol. The van der Waals surface area contributed by atoms with E-state index in [1.54, 1.807) is 0 Å². The number of hydrogen-bond donors (Lipinski definition) is 1. The summed E-state index contributed by atoms with van der Waals surface area (Å²) in [5.41, 5.74) is 3.69. The van der Waals surface area contributed by atoms with Gasteiger partial charge in [0.25, 0.3) is 5.91 Å². The van der Waals surface area contributed by atoms with E-state index in [1.807, 2.05) is 55.8 Å². The maximum atomic E-state index is 13.0. The number of ether oxygens (including phenoxy) is 1. The van der Waals surface area contributed by atoms with Crippen LogP contribution in [0.1, 0.15) is 47.9 Å². The molecule has 164 valence electrons. The van der Waals surface area contributed by atoms with Gasteiger partial charge in [0.1, 0.15) is 12.4 Å². The minimum Gasteiger partial charge on any atom is -0.492 e. The maximum Gasteiger partial charge on any atom is 0.256 e. The summed E-state index contributed by atoms with van der Waals surface area (Å²) in [5.74, 6) is 0.658. The number of piperidine rings is 1. The Hall–Kier alpha value is -2.93. The summed E-state index contributed by atoms with van der Waals surface area (Å²) in [4.78, 5) is 20.1. The van der Waals surface area contributed by atoms with Crippen LogP contribution in [-0.4, -0.2) is 51.8 Å². The number of aromatic nitrogens is 3. The molecule has 2 aromatic heterocycles. The third-order valence-electron chi connectivity index (χ3n) is 5.79. The van der Waals surface area contributed by atoms with Crippen LogP contribution < -0.4 is 10.1 Å². The second kappa shape index (κ2) is 9.47. The number of pyridine rings is 1. The number of hydrogen-bond acceptors (Lipinski definition) is 5. The van der Waals surface area contributed by atoms with Gasteiger partial charge < -0.3 is 10.1 Å². The Morgan fingerprint density at radius 2 is 1.87 bits per heavy atom. The van der Waals surface area contributed by atoms with Crippen LogP contribution in [-0.2, 0) is 6.54 Å². The average Bonchev–Trinajstić information content (AvgIpc) is 3.10. The third kappa shape index (κ3) is 4.88. The minimum atomic E-state index is -0.159. The van der Waals surface area contributed by atoms with Crippen molar-refractivity contribution >= 4 is 22.6 Å². The number of fused-ring (bicyclic) bond motifs is 1. The van der Waals surface area contributed by atoms with Gasteiger partial charge in [0, 0.05) is 24.5 Å². The zero-order valence-electron chi connectivity index (χ0n) is 18.6. The van der Waals surface area contributed by atoms with Crippen molar-refractivity contribution in [3.63, 3.8) is 0 Å². The highest BCUT2D eigenvalue weighted by molar-refractivity contribution is 6.12. The van der Waals surface area contributed by atoms with E-state index in [0.29, 0.717) is 18.7 Å². The smallest absolute Gasteiger partial charge is 0.256 e. The fourth-order valence-electron chi connectivity index (χ4n) is 4.19. The molecule has 7 nitrogen and oxygen atoms in total. The Labute approximate surface area is 183 Å². The van der Waals surface area contributed by atoms with Crippen LogP contribution in [0.5, 0.6) is 5.75 Å². The molecule has 1 aromatic carbocycles. The summed E-state index contributed by atoms with van der Waals surface area (Å²) in [6, 6.07) is 9.38. The van der Waals surface area contributed by atoms with E-state index in [-0.39, 0.29) is 5.91 Å². The molecular weight excluding hydrogens is 390 g/mol. The van der Waals surface area contributed by atoms with Crippen molar-refractivity contribution in [2.75, 3.05) is 31.6 Å². The molecule has 7 heteroatoms. The van der Waals surface area contributed by atoms with Crippen LogP contribution in [0.2, 0.25) is 0 Å². The first-order valence-electron chi connectivity index (χ1n) is 11.2. The minimum absolute atomic E-state index is 0.159. The van der Waals surface area contributed by atoms with Gasteiger partial charge in [-0.25, -0.2) is 9.67 Å². The van der Waals surface area contributed by atoms with Crippen molar-refractivity contribution in [1.82, 2.24) is 19.7 Å². The summed E-state index contributed by atoms with van der Waals surface area (Å²) in [6.07, 6.45) is 3.92. The molecule has 4 rings (SSSR count). The van der Waals surface area contributed by atoms with Gasteiger partial charge in [0.2, 0.25) is 0 Å². The Morgan fingerprint density at radius 1 is 1.13 bits per heavy atom. The van der Waals surface area contributed by atoms with Crippen LogP contribution in [0.3, 0.4) is 0 Å². The number of aryl methyl sites for hydroxylation is 3. The van der Waals surface area contributed by atoms with Crippen LogP contribution >= 0.6 is 0 Å². The van der Waals surface area contributed by atoms with Gasteiger partial charge in [0.05, 0.1) is 16.6 Å². The predicted octanol–water partition coefficient (Wildman–Crippen LogP) is 4.19. The van der Waals surface area contributed by atoms with Crippen molar-refractivity contribution < 1.29 is 9.53 Å². The normalized spacial score (nSPS) is 14.7. The lowest BCUT2D eigenvalue weighted by Gasteiger charge is -2.26. The first kappa shape index (κ1) is 21.3. The summed E-state index contributed by atoms with van der Waals surface area (Å²) in [6.45, 7) is 10.5. The van der Waals surface area contributed by atoms with E-state index < -0.39 is 0 Å². The highest BCUT2D eigenvalue weighted by Gasteiger charge is 2.18. The maximum absolute atomic E-state index is 13.0. The van der Waals surface area contributed by atoms with E-state index >= 15 is 0 Å². The Kier molecular flexibility index (Phi) is 6.51. The van der Waals surface area contributed by atoms with Crippen LogP contribution in [0.25, 0.3) is 11.0 Å². The average molecular weight is 422 g/mol. The zero-order chi connectivity index (χ0) is 21.8. The molecule has 0 radical (unpaired) electrons. The number of anilines is 1. The van der Waals surface area contributed by atoms with Gasteiger partial charge in [-0.1, -0.05) is 6.42 Å². The molecule has 1 N–H and O–H groups in total. The molecule has 1 aliphatic heterocycles. The van der Waals surface area contributed by atoms with E-state index in [2.05, 4.69) is 20.3 Å². The van der Waals surface area contributed by atoms with E-state index in [4.69, 9.17) is 4.74 Å². The van der Waals surface area contributed by atoms with Crippen LogP contribution in [0, 0.1) is 13.8 Å². The molecule has 0 saturated carbocycles. The van der Waals surface area contributed by atoms with E-state index in [1.165, 1.54) is 32.4 Å². The van der Waals surface area contributed by atoms with Crippen molar-refractivity contribution in [2.45, 2.75) is 46.6 Å². The number of nitrogens with one attached hydrogen (secondary N) is 1. The Bertz CT molecular complexity index is 1050. The molecule has 3 aromatic rings. The number of rotatable bonds is 7. The standard InChI is InChI=1S/C24H31N5O2/c1-4-29-23-22(18(3)27-29)21(16-17(2)25-23)24(30)26-19-8-10-20(11-9-19)31-15-14-28-12-6-5-7-13-28/h8-11,16H,4-7,12-15H2,1-3H3,(H,26,30). The first-order valence-corrected chi connectivity index (χ1v) is 11.2. The number of amides is 1. The number of benzene rings is 1. The molecule has 1 fully saturated rings. The fraction of sp³-hybridized carbons (Fsp3) is 0.458. The van der Waals surface area contributed by atoms with Crippen LogP contribution in [0.4, 0.5) is 5.69 Å². The van der Waals surface area contributed by atoms with Crippen LogP contribution in [0.15, 0.2) is 30.3 Å². The SMILES string of the molecule is CCn1nc(C)c2c(C(=O)Nc3ccc(OCCN4CCCCC4)cc3)cc(C)nc21. The Morgan fingerprint density at radius 3 is 2.58 bits per heavy atom. The number of nitrogens with zero attached hydrogens (tertiary/aromatic N) is 4. The summed E-state index contributed by atoms with van der Waals surface area (Å²) >= 11 is 0. The molecule has 0 bridgehead atoms. The van der Waals surface area contributed by atoms with Crippen molar-refractivity contribution in [2.24, 2.45) is 0 Å². The van der Waals surface area contributed by atoms with E-state index in [9.17, 15) is 4.79 Å². The molecule has 0 atom stereocenters. The zero-order valence-corrected chi connectivity index (χ0v) is 18.6. The number of carbonyl (C=O) groups is 1. The second-order valence-corrected chi connectivity index (χ2v) is 8.14. The van der Waals surface area contributed by atoms with Gasteiger partial charge in [-0.2, -0.15) is 5.10 Å². The first-order chi connectivity index (χ1) is 15.0. The molecule has 0 aliphatic carbocycles. The quantitative estimate of drug-likeness (QED) is 0.619. The van der Waals surface area contributed by atoms with Gasteiger partial charge in [0.15, 0.2) is 5.65 Å². The Balaban J connectivity index is 1.41. The van der Waals surface area contributed by atoms with Gasteiger partial charge >= 0.3 is 0 Å². The van der Waals surface area contributed by atoms with E-state index in [0.717, 1.165) is 40.4 Å². The van der Waals surface area contributed by atoms with Crippen molar-refractivity contribution in [1.29, 1.82) is 0 Å². The highest BCUT2D eigenvalue weighted by Crippen LogP contribution is 2.24. The largest absolute Gasteiger partial charge is 0.492 e. The molecular formula is C24H31N5O2. The summed E-state index contributed by atoms with van der Waals surface area (Å²) in [7, 11) is 0. The van der Waals surface area contributed by atoms with Crippen molar-refractivity contribution in [3.8, 4) is 5.75 Å². The molecule has 31 heavy (non-hydrogen) atoms. The van der Waals surface area contributed by atoms with Gasteiger partial charge in [-0.3, -0.25) is 9.69 Å². The second-order valence-electron chi connectivity index (χ2n) is 8.14. The summed E-state index contributed by atoms with van der Waals surface area (Å²) < 4.78 is 7.72. The number of carbonyl (C=O) groups excluding carboxylic acids is 1. The highest BCUT2D eigenvalue weighted by atomic mass is 16.5. The van der Waals surface area contributed by atoms with Gasteiger partial charge in [-0.05, 0) is 77.0 Å². The molecule has 1 amide bonds. The summed E-state index contributed by atoms with van der Waals surface area (Å²) in [5, 5.41) is 8.33.